The van der Waals surface area contributed by atoms with Gasteiger partial charge in [0.05, 0.1) is 5.75 Å². The van der Waals surface area contributed by atoms with E-state index in [0.717, 1.165) is 25.7 Å². The molecule has 1 heterocycles. The summed E-state index contributed by atoms with van der Waals surface area (Å²) in [6.45, 7) is 0.502. The van der Waals surface area contributed by atoms with E-state index in [9.17, 15) is 8.42 Å². The van der Waals surface area contributed by atoms with Gasteiger partial charge in [0.25, 0.3) is 0 Å². The molecule has 0 aromatic heterocycles. The highest BCUT2D eigenvalue weighted by molar-refractivity contribution is 7.89. The van der Waals surface area contributed by atoms with Crippen molar-refractivity contribution in [1.29, 1.82) is 0 Å². The first-order chi connectivity index (χ1) is 4.71. The van der Waals surface area contributed by atoms with Gasteiger partial charge in [-0.2, -0.15) is 0 Å². The Kier molecular flexibility index (Phi) is 2.68. The third-order valence-corrected chi connectivity index (χ3v) is 2.98. The molecule has 0 aromatic carbocycles. The van der Waals surface area contributed by atoms with E-state index in [1.54, 1.807) is 0 Å². The van der Waals surface area contributed by atoms with Crippen molar-refractivity contribution in [2.75, 3.05) is 12.3 Å². The Morgan fingerprint density at radius 1 is 1.00 bits per heavy atom. The molecule has 0 aliphatic carbocycles. The second-order valence-corrected chi connectivity index (χ2v) is 4.38. The van der Waals surface area contributed by atoms with Crippen LogP contribution in [0, 0.1) is 0 Å². The van der Waals surface area contributed by atoms with Gasteiger partial charge in [-0.1, -0.05) is 12.8 Å². The fraction of sp³-hybridized carbons (Fsp3) is 1.00. The van der Waals surface area contributed by atoms with Crippen LogP contribution in [-0.2, 0) is 10.0 Å². The molecule has 10 heavy (non-hydrogen) atoms. The molecular weight excluding hydrogens is 150 g/mol. The zero-order chi connectivity index (χ0) is 7.45. The van der Waals surface area contributed by atoms with Crippen molar-refractivity contribution < 1.29 is 8.42 Å². The van der Waals surface area contributed by atoms with E-state index in [0.29, 0.717) is 6.54 Å². The summed E-state index contributed by atoms with van der Waals surface area (Å²) in [4.78, 5) is 0. The Morgan fingerprint density at radius 2 is 1.70 bits per heavy atom. The quantitative estimate of drug-likeness (QED) is 0.520. The Morgan fingerprint density at radius 3 is 2.50 bits per heavy atom. The molecule has 0 spiro atoms. The summed E-state index contributed by atoms with van der Waals surface area (Å²) in [5, 5.41) is 0. The Balaban J connectivity index is 2.46. The molecule has 0 atom stereocenters. The summed E-state index contributed by atoms with van der Waals surface area (Å²) in [7, 11) is -3.02. The van der Waals surface area contributed by atoms with Gasteiger partial charge in [0.1, 0.15) is 0 Å². The van der Waals surface area contributed by atoms with Gasteiger partial charge in [-0.05, 0) is 12.8 Å². The van der Waals surface area contributed by atoms with Crippen LogP contribution in [0.15, 0.2) is 0 Å². The molecule has 0 amide bonds. The first-order valence-electron chi connectivity index (χ1n) is 3.62. The van der Waals surface area contributed by atoms with E-state index >= 15 is 0 Å². The van der Waals surface area contributed by atoms with Crippen molar-refractivity contribution in [2.45, 2.75) is 25.7 Å². The van der Waals surface area contributed by atoms with Gasteiger partial charge in [-0.15, -0.1) is 4.72 Å². The average molecular weight is 162 g/mol. The summed E-state index contributed by atoms with van der Waals surface area (Å²) in [5.74, 6) is 0.257. The number of nitrogens with zero attached hydrogens (tertiary/aromatic N) is 1. The predicted molar refractivity (Wildman–Crippen MR) is 39.3 cm³/mol. The minimum atomic E-state index is -3.02. The summed E-state index contributed by atoms with van der Waals surface area (Å²) < 4.78 is 25.3. The maximum absolute atomic E-state index is 10.9. The van der Waals surface area contributed by atoms with Crippen LogP contribution < -0.4 is 4.72 Å². The van der Waals surface area contributed by atoms with Crippen molar-refractivity contribution >= 4 is 10.0 Å². The van der Waals surface area contributed by atoms with Crippen molar-refractivity contribution in [3.63, 3.8) is 0 Å². The minimum absolute atomic E-state index is 0.257. The lowest BCUT2D eigenvalue weighted by atomic mass is 10.2. The molecular formula is C6H12NO2S. The lowest BCUT2D eigenvalue weighted by Crippen LogP contribution is -2.22. The Labute approximate surface area is 61.9 Å². The maximum atomic E-state index is 10.9. The number of hydrogen-bond acceptors (Lipinski definition) is 2. The third kappa shape index (κ3) is 2.66. The minimum Gasteiger partial charge on any atom is -0.211 e. The lowest BCUT2D eigenvalue weighted by molar-refractivity contribution is 0.553. The molecule has 1 aliphatic rings. The van der Waals surface area contributed by atoms with Gasteiger partial charge in [0.2, 0.25) is 10.0 Å². The number of hydrogen-bond donors (Lipinski definition) is 0. The van der Waals surface area contributed by atoms with Crippen LogP contribution in [-0.4, -0.2) is 20.7 Å². The normalized spacial score (nSPS) is 26.8. The Hall–Kier alpha value is -0.0900. The molecule has 1 saturated heterocycles. The summed E-state index contributed by atoms with van der Waals surface area (Å²) in [5.41, 5.74) is 0. The predicted octanol–water partition coefficient (Wildman–Crippen LogP) is 0.495. The molecule has 1 aliphatic heterocycles. The van der Waals surface area contributed by atoms with Crippen molar-refractivity contribution in [1.82, 2.24) is 4.72 Å². The van der Waals surface area contributed by atoms with Crippen LogP contribution in [0.2, 0.25) is 0 Å². The van der Waals surface area contributed by atoms with Crippen molar-refractivity contribution in [3.8, 4) is 0 Å². The first kappa shape index (κ1) is 8.01. The van der Waals surface area contributed by atoms with Crippen LogP contribution >= 0.6 is 0 Å². The average Bonchev–Trinajstić information content (AvgIpc) is 1.81. The number of sulfonamides is 1. The molecule has 0 unspecified atom stereocenters. The molecule has 1 rings (SSSR count). The van der Waals surface area contributed by atoms with Gasteiger partial charge in [0.15, 0.2) is 0 Å². The monoisotopic (exact) mass is 162 g/mol. The Bertz CT molecular complexity index is 172. The third-order valence-electron chi connectivity index (χ3n) is 1.60. The van der Waals surface area contributed by atoms with E-state index in [-0.39, 0.29) is 5.75 Å². The van der Waals surface area contributed by atoms with E-state index in [1.807, 2.05) is 0 Å². The van der Waals surface area contributed by atoms with E-state index < -0.39 is 10.0 Å². The molecule has 1 radical (unpaired) electrons. The van der Waals surface area contributed by atoms with Gasteiger partial charge in [-0.25, -0.2) is 8.42 Å². The molecule has 0 aromatic rings. The van der Waals surface area contributed by atoms with Crippen LogP contribution in [0.25, 0.3) is 0 Å². The van der Waals surface area contributed by atoms with Gasteiger partial charge >= 0.3 is 0 Å². The van der Waals surface area contributed by atoms with Crippen LogP contribution in [0.1, 0.15) is 25.7 Å². The number of rotatable bonds is 0. The van der Waals surface area contributed by atoms with Crippen molar-refractivity contribution in [2.24, 2.45) is 0 Å². The molecule has 3 nitrogen and oxygen atoms in total. The summed E-state index contributed by atoms with van der Waals surface area (Å²) >= 11 is 0. The first-order valence-corrected chi connectivity index (χ1v) is 5.23. The second-order valence-electron chi connectivity index (χ2n) is 2.55. The van der Waals surface area contributed by atoms with Gasteiger partial charge in [-0.3, -0.25) is 0 Å². The molecule has 4 heteroatoms. The van der Waals surface area contributed by atoms with Gasteiger partial charge < -0.3 is 0 Å². The fourth-order valence-corrected chi connectivity index (χ4v) is 2.12. The highest BCUT2D eigenvalue weighted by Crippen LogP contribution is 2.05. The summed E-state index contributed by atoms with van der Waals surface area (Å²) in [6, 6.07) is 0. The van der Waals surface area contributed by atoms with Crippen LogP contribution in [0.5, 0.6) is 0 Å². The largest absolute Gasteiger partial charge is 0.227 e. The topological polar surface area (TPSA) is 48.2 Å². The molecule has 1 fully saturated rings. The van der Waals surface area contributed by atoms with E-state index in [1.165, 1.54) is 0 Å². The lowest BCUT2D eigenvalue weighted by Gasteiger charge is -2.07. The van der Waals surface area contributed by atoms with Crippen LogP contribution in [0.4, 0.5) is 0 Å². The van der Waals surface area contributed by atoms with E-state index in [4.69, 9.17) is 0 Å². The molecule has 0 saturated carbocycles. The van der Waals surface area contributed by atoms with E-state index in [2.05, 4.69) is 4.72 Å². The molecule has 59 valence electrons. The maximum Gasteiger partial charge on any atom is 0.227 e. The molecule has 0 bridgehead atoms. The zero-order valence-corrected chi connectivity index (χ0v) is 6.73. The zero-order valence-electron chi connectivity index (χ0n) is 5.91. The van der Waals surface area contributed by atoms with Crippen molar-refractivity contribution in [3.05, 3.63) is 0 Å². The molecule has 0 N–H and O–H groups in total. The van der Waals surface area contributed by atoms with Crippen LogP contribution in [0.3, 0.4) is 0 Å². The summed E-state index contributed by atoms with van der Waals surface area (Å²) in [6.07, 6.45) is 3.87. The second kappa shape index (κ2) is 3.34. The van der Waals surface area contributed by atoms with Gasteiger partial charge in [0, 0.05) is 6.54 Å². The highest BCUT2D eigenvalue weighted by Gasteiger charge is 2.12. The smallest absolute Gasteiger partial charge is 0.211 e. The SMILES string of the molecule is O=S1(=O)CCCCCC[N]1. The standard InChI is InChI=1S/C6H12NO2S/c8-10(9)6-4-2-1-3-5-7-10/h1-6H2. The fourth-order valence-electron chi connectivity index (χ4n) is 1.02. The highest BCUT2D eigenvalue weighted by atomic mass is 32.2.